The van der Waals surface area contributed by atoms with Crippen molar-refractivity contribution in [1.82, 2.24) is 0 Å². The third-order valence-corrected chi connectivity index (χ3v) is 3.64. The molecule has 0 aliphatic carbocycles. The van der Waals surface area contributed by atoms with Crippen molar-refractivity contribution in [3.05, 3.63) is 33.3 Å². The van der Waals surface area contributed by atoms with Crippen LogP contribution in [0.4, 0.5) is 11.4 Å². The number of rotatable bonds is 2. The molecule has 1 aromatic carbocycles. The lowest BCUT2D eigenvalue weighted by Crippen LogP contribution is -2.34. The molecular weight excluding hydrogens is 263 g/mol. The minimum absolute atomic E-state index is 0.0607. The molecule has 0 N–H and O–H groups in total. The average Bonchev–Trinajstić information content (AvgIpc) is 2.30. The molecule has 0 atom stereocenters. The molecule has 1 aromatic rings. The Kier molecular flexibility index (Phi) is 3.74. The van der Waals surface area contributed by atoms with Gasteiger partial charge in [0.1, 0.15) is 5.69 Å². The van der Waals surface area contributed by atoms with Crippen LogP contribution in [0.1, 0.15) is 12.8 Å². The largest absolute Gasteiger partial charge is 0.365 e. The van der Waals surface area contributed by atoms with E-state index in [0.29, 0.717) is 23.8 Å². The molecule has 0 unspecified atom stereocenters. The number of piperidine rings is 1. The average molecular weight is 275 g/mol. The van der Waals surface area contributed by atoms with Gasteiger partial charge in [0, 0.05) is 24.5 Å². The van der Waals surface area contributed by atoms with Gasteiger partial charge in [0.25, 0.3) is 5.69 Å². The molecule has 1 aliphatic rings. The van der Waals surface area contributed by atoms with E-state index in [-0.39, 0.29) is 11.1 Å². The van der Waals surface area contributed by atoms with Gasteiger partial charge in [0.15, 0.2) is 0 Å². The molecule has 92 valence electrons. The highest BCUT2D eigenvalue weighted by Gasteiger charge is 2.25. The van der Waals surface area contributed by atoms with Gasteiger partial charge in [-0.15, -0.1) is 11.6 Å². The summed E-state index contributed by atoms with van der Waals surface area (Å²) < 4.78 is 0. The summed E-state index contributed by atoms with van der Waals surface area (Å²) in [6.45, 7) is 1.41. The second-order valence-corrected chi connectivity index (χ2v) is 5.05. The number of halogens is 2. The Balaban J connectivity index is 2.33. The maximum Gasteiger partial charge on any atom is 0.294 e. The molecule has 0 bridgehead atoms. The highest BCUT2D eigenvalue weighted by atomic mass is 35.5. The van der Waals surface area contributed by atoms with Crippen LogP contribution in [0.15, 0.2) is 18.2 Å². The predicted octanol–water partition coefficient (Wildman–Crippen LogP) is 3.46. The Hall–Kier alpha value is -1.000. The van der Waals surface area contributed by atoms with Gasteiger partial charge in [-0.3, -0.25) is 10.1 Å². The summed E-state index contributed by atoms with van der Waals surface area (Å²) in [6.07, 6.45) is 1.65. The van der Waals surface area contributed by atoms with Crippen molar-refractivity contribution < 1.29 is 4.92 Å². The Morgan fingerprint density at radius 3 is 2.59 bits per heavy atom. The van der Waals surface area contributed by atoms with Crippen molar-refractivity contribution in [2.75, 3.05) is 18.0 Å². The fourth-order valence-electron chi connectivity index (χ4n) is 2.04. The van der Waals surface area contributed by atoms with E-state index in [4.69, 9.17) is 23.2 Å². The molecule has 4 nitrogen and oxygen atoms in total. The van der Waals surface area contributed by atoms with Gasteiger partial charge in [0.2, 0.25) is 0 Å². The third-order valence-electron chi connectivity index (χ3n) is 2.90. The standard InChI is InChI=1S/C11H12Cl2N2O2/c12-8-4-6-14(7-5-8)11-9(13)2-1-3-10(11)15(16)17/h1-3,8H,4-7H2. The molecule has 2 rings (SSSR count). The minimum Gasteiger partial charge on any atom is -0.365 e. The number of benzene rings is 1. The fraction of sp³-hybridized carbons (Fsp3) is 0.455. The summed E-state index contributed by atoms with van der Waals surface area (Å²) in [5.41, 5.74) is 0.577. The van der Waals surface area contributed by atoms with E-state index in [2.05, 4.69) is 0 Å². The first-order valence-corrected chi connectivity index (χ1v) is 6.23. The van der Waals surface area contributed by atoms with E-state index in [1.807, 2.05) is 4.90 Å². The molecule has 1 heterocycles. The second-order valence-electron chi connectivity index (χ2n) is 4.03. The highest BCUT2D eigenvalue weighted by Crippen LogP contribution is 2.37. The molecular formula is C11H12Cl2N2O2. The summed E-state index contributed by atoms with van der Waals surface area (Å²) in [5.74, 6) is 0. The first kappa shape index (κ1) is 12.5. The van der Waals surface area contributed by atoms with Crippen molar-refractivity contribution in [1.29, 1.82) is 0 Å². The van der Waals surface area contributed by atoms with Crippen molar-refractivity contribution in [3.8, 4) is 0 Å². The molecule has 1 saturated heterocycles. The molecule has 0 radical (unpaired) electrons. The van der Waals surface area contributed by atoms with E-state index in [1.165, 1.54) is 6.07 Å². The Bertz CT molecular complexity index is 431. The smallest absolute Gasteiger partial charge is 0.294 e. The number of hydrogen-bond acceptors (Lipinski definition) is 3. The zero-order chi connectivity index (χ0) is 12.4. The van der Waals surface area contributed by atoms with Gasteiger partial charge in [-0.25, -0.2) is 0 Å². The summed E-state index contributed by atoms with van der Waals surface area (Å²) in [6, 6.07) is 4.75. The van der Waals surface area contributed by atoms with Crippen LogP contribution in [0.5, 0.6) is 0 Å². The van der Waals surface area contributed by atoms with E-state index in [9.17, 15) is 10.1 Å². The molecule has 0 aromatic heterocycles. The maximum absolute atomic E-state index is 11.0. The molecule has 0 amide bonds. The van der Waals surface area contributed by atoms with Crippen molar-refractivity contribution in [3.63, 3.8) is 0 Å². The number of hydrogen-bond donors (Lipinski definition) is 0. The van der Waals surface area contributed by atoms with Crippen LogP contribution in [-0.2, 0) is 0 Å². The predicted molar refractivity (Wildman–Crippen MR) is 69.2 cm³/mol. The quantitative estimate of drug-likeness (QED) is 0.471. The highest BCUT2D eigenvalue weighted by molar-refractivity contribution is 6.33. The monoisotopic (exact) mass is 274 g/mol. The van der Waals surface area contributed by atoms with Crippen LogP contribution in [0, 0.1) is 10.1 Å². The van der Waals surface area contributed by atoms with Crippen molar-refractivity contribution >= 4 is 34.6 Å². The van der Waals surface area contributed by atoms with Crippen LogP contribution >= 0.6 is 23.2 Å². The normalized spacial score (nSPS) is 17.2. The molecule has 6 heteroatoms. The van der Waals surface area contributed by atoms with E-state index >= 15 is 0 Å². The SMILES string of the molecule is O=[N+]([O-])c1cccc(Cl)c1N1CCC(Cl)CC1. The third kappa shape index (κ3) is 2.64. The Morgan fingerprint density at radius 2 is 2.00 bits per heavy atom. The zero-order valence-corrected chi connectivity index (χ0v) is 10.6. The number of alkyl halides is 1. The van der Waals surface area contributed by atoms with Crippen molar-refractivity contribution in [2.45, 2.75) is 18.2 Å². The topological polar surface area (TPSA) is 46.4 Å². The zero-order valence-electron chi connectivity index (χ0n) is 9.10. The van der Waals surface area contributed by atoms with Gasteiger partial charge in [-0.05, 0) is 18.9 Å². The van der Waals surface area contributed by atoms with Crippen LogP contribution in [0.3, 0.4) is 0 Å². The van der Waals surface area contributed by atoms with E-state index in [1.54, 1.807) is 12.1 Å². The minimum atomic E-state index is -0.395. The summed E-state index contributed by atoms with van der Waals surface area (Å²) in [5, 5.41) is 11.6. The van der Waals surface area contributed by atoms with Crippen LogP contribution < -0.4 is 4.90 Å². The summed E-state index contributed by atoms with van der Waals surface area (Å²) >= 11 is 12.1. The Morgan fingerprint density at radius 1 is 1.35 bits per heavy atom. The molecule has 0 spiro atoms. The number of anilines is 1. The van der Waals surface area contributed by atoms with Crippen LogP contribution in [0.25, 0.3) is 0 Å². The van der Waals surface area contributed by atoms with Gasteiger partial charge in [-0.2, -0.15) is 0 Å². The van der Waals surface area contributed by atoms with E-state index < -0.39 is 4.92 Å². The summed E-state index contributed by atoms with van der Waals surface area (Å²) in [7, 11) is 0. The molecule has 1 aliphatic heterocycles. The second kappa shape index (κ2) is 5.10. The lowest BCUT2D eigenvalue weighted by atomic mass is 10.1. The molecule has 17 heavy (non-hydrogen) atoms. The van der Waals surface area contributed by atoms with E-state index in [0.717, 1.165) is 12.8 Å². The van der Waals surface area contributed by atoms with Crippen LogP contribution in [-0.4, -0.2) is 23.4 Å². The van der Waals surface area contributed by atoms with Gasteiger partial charge in [-0.1, -0.05) is 17.7 Å². The number of para-hydroxylation sites is 1. The van der Waals surface area contributed by atoms with Gasteiger partial charge >= 0.3 is 0 Å². The Labute approximate surface area is 109 Å². The maximum atomic E-state index is 11.0. The number of nitro groups is 1. The van der Waals surface area contributed by atoms with Gasteiger partial charge < -0.3 is 4.90 Å². The first-order valence-electron chi connectivity index (χ1n) is 5.41. The fourth-order valence-corrected chi connectivity index (χ4v) is 2.52. The molecule has 1 fully saturated rings. The van der Waals surface area contributed by atoms with Gasteiger partial charge in [0.05, 0.1) is 9.95 Å². The number of nitrogens with zero attached hydrogens (tertiary/aromatic N) is 2. The lowest BCUT2D eigenvalue weighted by molar-refractivity contribution is -0.384. The lowest BCUT2D eigenvalue weighted by Gasteiger charge is -2.31. The first-order chi connectivity index (χ1) is 8.09. The van der Waals surface area contributed by atoms with Crippen LogP contribution in [0.2, 0.25) is 5.02 Å². The molecule has 0 saturated carbocycles. The van der Waals surface area contributed by atoms with Crippen molar-refractivity contribution in [2.24, 2.45) is 0 Å². The number of nitro benzene ring substituents is 1. The summed E-state index contributed by atoms with van der Waals surface area (Å²) in [4.78, 5) is 12.5.